The second-order valence-electron chi connectivity index (χ2n) is 5.36. The molecule has 0 saturated carbocycles. The van der Waals surface area contributed by atoms with Gasteiger partial charge in [0.2, 0.25) is 10.0 Å². The Kier molecular flexibility index (Phi) is 5.90. The molecular weight excluding hydrogens is 394 g/mol. The fraction of sp³-hybridized carbons (Fsp3) is 0.294. The fourth-order valence-electron chi connectivity index (χ4n) is 2.34. The van der Waals surface area contributed by atoms with Gasteiger partial charge in [0.1, 0.15) is 0 Å². The van der Waals surface area contributed by atoms with Crippen molar-refractivity contribution >= 4 is 26.0 Å². The Morgan fingerprint density at radius 1 is 1.04 bits per heavy atom. The third-order valence-electron chi connectivity index (χ3n) is 3.69. The number of nitrogens with zero attached hydrogens (tertiary/aromatic N) is 1. The van der Waals surface area contributed by atoms with Crippen LogP contribution in [0.1, 0.15) is 11.1 Å². The van der Waals surface area contributed by atoms with Crippen LogP contribution in [-0.2, 0) is 16.6 Å². The van der Waals surface area contributed by atoms with E-state index in [0.717, 1.165) is 10.0 Å². The molecule has 5 nitrogen and oxygen atoms in total. The quantitative estimate of drug-likeness (QED) is 0.725. The summed E-state index contributed by atoms with van der Waals surface area (Å²) in [4.78, 5) is 0.292. The molecule has 0 spiro atoms. The summed E-state index contributed by atoms with van der Waals surface area (Å²) in [6.07, 6.45) is 0. The summed E-state index contributed by atoms with van der Waals surface area (Å²) in [5.74, 6) is 1.18. The molecule has 2 aromatic rings. The van der Waals surface area contributed by atoms with Gasteiger partial charge in [0.05, 0.1) is 19.1 Å². The number of sulfonamides is 1. The number of aryl methyl sites for hydroxylation is 1. The smallest absolute Gasteiger partial charge is 0.243 e. The number of hydrogen-bond donors (Lipinski definition) is 0. The molecule has 0 bridgehead atoms. The molecule has 0 atom stereocenters. The molecule has 130 valence electrons. The molecule has 0 aliphatic carbocycles. The lowest BCUT2D eigenvalue weighted by Crippen LogP contribution is -2.27. The first-order valence-corrected chi connectivity index (χ1v) is 9.46. The maximum atomic E-state index is 12.8. The predicted octanol–water partition coefficient (Wildman–Crippen LogP) is 3.60. The first kappa shape index (κ1) is 18.8. The highest BCUT2D eigenvalue weighted by Crippen LogP contribution is 2.29. The van der Waals surface area contributed by atoms with E-state index in [2.05, 4.69) is 15.9 Å². The van der Waals surface area contributed by atoms with E-state index in [1.54, 1.807) is 52.5 Å². The van der Waals surface area contributed by atoms with E-state index >= 15 is 0 Å². The van der Waals surface area contributed by atoms with Crippen LogP contribution in [0, 0.1) is 6.92 Å². The molecule has 0 N–H and O–H groups in total. The van der Waals surface area contributed by atoms with Crippen LogP contribution in [0.3, 0.4) is 0 Å². The average molecular weight is 414 g/mol. The molecular formula is C17H20BrNO4S. The van der Waals surface area contributed by atoms with Crippen molar-refractivity contribution in [1.82, 2.24) is 4.31 Å². The number of rotatable bonds is 6. The normalized spacial score (nSPS) is 11.6. The molecule has 0 aliphatic heterocycles. The minimum Gasteiger partial charge on any atom is -0.493 e. The summed E-state index contributed by atoms with van der Waals surface area (Å²) in [6, 6.07) is 10.6. The zero-order valence-electron chi connectivity index (χ0n) is 14.0. The zero-order chi connectivity index (χ0) is 17.9. The molecule has 2 aromatic carbocycles. The van der Waals surface area contributed by atoms with Gasteiger partial charge >= 0.3 is 0 Å². The Balaban J connectivity index is 2.31. The van der Waals surface area contributed by atoms with Crippen LogP contribution in [0.4, 0.5) is 0 Å². The van der Waals surface area contributed by atoms with Crippen LogP contribution in [0.2, 0.25) is 0 Å². The van der Waals surface area contributed by atoms with Crippen molar-refractivity contribution in [2.45, 2.75) is 18.4 Å². The highest BCUT2D eigenvalue weighted by atomic mass is 79.9. The Bertz CT molecular complexity index is 836. The summed E-state index contributed by atoms with van der Waals surface area (Å²) in [5.41, 5.74) is 1.52. The number of hydrogen-bond acceptors (Lipinski definition) is 4. The Morgan fingerprint density at radius 3 is 2.33 bits per heavy atom. The summed E-state index contributed by atoms with van der Waals surface area (Å²) in [7, 11) is 1.08. The van der Waals surface area contributed by atoms with Gasteiger partial charge in [-0.2, -0.15) is 4.31 Å². The van der Waals surface area contributed by atoms with E-state index in [0.29, 0.717) is 22.0 Å². The zero-order valence-corrected chi connectivity index (χ0v) is 16.4. The van der Waals surface area contributed by atoms with E-state index in [-0.39, 0.29) is 6.54 Å². The lowest BCUT2D eigenvalue weighted by atomic mass is 10.2. The monoisotopic (exact) mass is 413 g/mol. The van der Waals surface area contributed by atoms with Gasteiger partial charge in [-0.05, 0) is 42.3 Å². The van der Waals surface area contributed by atoms with Gasteiger partial charge < -0.3 is 9.47 Å². The molecule has 24 heavy (non-hydrogen) atoms. The number of halogens is 1. The molecule has 0 saturated heterocycles. The number of ether oxygens (including phenoxy) is 2. The summed E-state index contributed by atoms with van der Waals surface area (Å²) in [6.45, 7) is 2.01. The second kappa shape index (κ2) is 7.55. The summed E-state index contributed by atoms with van der Waals surface area (Å²) in [5, 5.41) is 0. The molecule has 0 fully saturated rings. The maximum absolute atomic E-state index is 12.8. The van der Waals surface area contributed by atoms with Crippen molar-refractivity contribution in [3.8, 4) is 11.5 Å². The Hall–Kier alpha value is -1.57. The third-order valence-corrected chi connectivity index (χ3v) is 6.13. The average Bonchev–Trinajstić information content (AvgIpc) is 2.56. The predicted molar refractivity (Wildman–Crippen MR) is 97.1 cm³/mol. The molecule has 7 heteroatoms. The van der Waals surface area contributed by atoms with Crippen molar-refractivity contribution in [3.63, 3.8) is 0 Å². The molecule has 2 rings (SSSR count). The first-order chi connectivity index (χ1) is 11.3. The minimum atomic E-state index is -3.59. The van der Waals surface area contributed by atoms with Crippen LogP contribution < -0.4 is 9.47 Å². The lowest BCUT2D eigenvalue weighted by Gasteiger charge is -2.19. The van der Waals surface area contributed by atoms with E-state index in [9.17, 15) is 8.42 Å². The first-order valence-electron chi connectivity index (χ1n) is 7.23. The number of benzene rings is 2. The highest BCUT2D eigenvalue weighted by Gasteiger charge is 2.23. The van der Waals surface area contributed by atoms with Crippen molar-refractivity contribution in [2.75, 3.05) is 21.3 Å². The van der Waals surface area contributed by atoms with E-state index in [1.807, 2.05) is 12.1 Å². The highest BCUT2D eigenvalue weighted by molar-refractivity contribution is 9.10. The van der Waals surface area contributed by atoms with Gasteiger partial charge in [-0.25, -0.2) is 8.42 Å². The molecule has 0 amide bonds. The Labute approximate surface area is 151 Å². The van der Waals surface area contributed by atoms with Gasteiger partial charge in [-0.1, -0.05) is 28.1 Å². The largest absolute Gasteiger partial charge is 0.493 e. The summed E-state index contributed by atoms with van der Waals surface area (Å²) < 4.78 is 38.2. The van der Waals surface area contributed by atoms with Gasteiger partial charge in [0.15, 0.2) is 11.5 Å². The SMILES string of the molecule is COc1ccc(CN(C)S(=O)(=O)c2cc(Br)ccc2C)cc1OC. The molecule has 0 radical (unpaired) electrons. The van der Waals surface area contributed by atoms with Crippen molar-refractivity contribution in [1.29, 1.82) is 0 Å². The third kappa shape index (κ3) is 3.91. The van der Waals surface area contributed by atoms with Crippen LogP contribution in [0.5, 0.6) is 11.5 Å². The van der Waals surface area contributed by atoms with Crippen LogP contribution in [-0.4, -0.2) is 34.0 Å². The van der Waals surface area contributed by atoms with Crippen molar-refractivity contribution in [3.05, 3.63) is 52.0 Å². The van der Waals surface area contributed by atoms with Gasteiger partial charge in [0, 0.05) is 18.1 Å². The standard InChI is InChI=1S/C17H20BrNO4S/c1-12-5-7-14(18)10-17(12)24(20,21)19(2)11-13-6-8-15(22-3)16(9-13)23-4/h5-10H,11H2,1-4H3. The molecule has 0 heterocycles. The van der Waals surface area contributed by atoms with E-state index in [4.69, 9.17) is 9.47 Å². The maximum Gasteiger partial charge on any atom is 0.243 e. The minimum absolute atomic E-state index is 0.231. The van der Waals surface area contributed by atoms with Gasteiger partial charge in [0.25, 0.3) is 0 Å². The van der Waals surface area contributed by atoms with Crippen molar-refractivity contribution in [2.24, 2.45) is 0 Å². The van der Waals surface area contributed by atoms with E-state index < -0.39 is 10.0 Å². The molecule has 0 aliphatic rings. The summed E-state index contributed by atoms with van der Waals surface area (Å²) >= 11 is 3.33. The van der Waals surface area contributed by atoms with Gasteiger partial charge in [-0.3, -0.25) is 0 Å². The fourth-order valence-corrected chi connectivity index (χ4v) is 4.26. The van der Waals surface area contributed by atoms with Crippen LogP contribution in [0.25, 0.3) is 0 Å². The lowest BCUT2D eigenvalue weighted by molar-refractivity contribution is 0.354. The van der Waals surface area contributed by atoms with Gasteiger partial charge in [-0.15, -0.1) is 0 Å². The Morgan fingerprint density at radius 2 is 1.71 bits per heavy atom. The van der Waals surface area contributed by atoms with Crippen LogP contribution >= 0.6 is 15.9 Å². The van der Waals surface area contributed by atoms with E-state index in [1.165, 1.54) is 4.31 Å². The van der Waals surface area contributed by atoms with Crippen molar-refractivity contribution < 1.29 is 17.9 Å². The topological polar surface area (TPSA) is 55.8 Å². The number of methoxy groups -OCH3 is 2. The molecule has 0 unspecified atom stereocenters. The molecule has 0 aromatic heterocycles. The second-order valence-corrected chi connectivity index (χ2v) is 8.29. The van der Waals surface area contributed by atoms with Crippen LogP contribution in [0.15, 0.2) is 45.8 Å².